The van der Waals surface area contributed by atoms with Crippen molar-refractivity contribution in [3.63, 3.8) is 0 Å². The lowest BCUT2D eigenvalue weighted by Gasteiger charge is -2.09. The van der Waals surface area contributed by atoms with Crippen molar-refractivity contribution >= 4 is 23.2 Å². The fourth-order valence-corrected chi connectivity index (χ4v) is 1.71. The van der Waals surface area contributed by atoms with E-state index in [0.29, 0.717) is 6.07 Å². The summed E-state index contributed by atoms with van der Waals surface area (Å²) in [6.07, 6.45) is 0. The van der Waals surface area contributed by atoms with Crippen LogP contribution in [0.15, 0.2) is 36.4 Å². The molecule has 0 spiro atoms. The fraction of sp³-hybridized carbons (Fsp3) is 0. The second kappa shape index (κ2) is 5.58. The summed E-state index contributed by atoms with van der Waals surface area (Å²) in [5, 5.41) is 2.43. The van der Waals surface area contributed by atoms with Crippen LogP contribution in [-0.4, -0.2) is 11.8 Å². The van der Waals surface area contributed by atoms with Gasteiger partial charge in [-0.2, -0.15) is 0 Å². The van der Waals surface area contributed by atoms with Gasteiger partial charge in [0.2, 0.25) is 5.91 Å². The van der Waals surface area contributed by atoms with E-state index in [9.17, 15) is 18.4 Å². The standard InChI is InChI=1S/C14H11F2N3O2/c15-10-5-9(12(17)6-11(10)16)14(21)19-8-3-1-2-7(4-8)13(18)20/h1-6H,17H2,(H2,18,20)(H,19,21). The van der Waals surface area contributed by atoms with E-state index in [4.69, 9.17) is 11.5 Å². The van der Waals surface area contributed by atoms with Gasteiger partial charge in [0.25, 0.3) is 5.91 Å². The molecule has 0 unspecified atom stereocenters. The van der Waals surface area contributed by atoms with Gasteiger partial charge in [-0.05, 0) is 24.3 Å². The summed E-state index contributed by atoms with van der Waals surface area (Å²) >= 11 is 0. The number of amides is 2. The summed E-state index contributed by atoms with van der Waals surface area (Å²) in [5.74, 6) is -3.70. The lowest BCUT2D eigenvalue weighted by molar-refractivity contribution is 0.0996. The molecule has 0 aliphatic carbocycles. The highest BCUT2D eigenvalue weighted by Crippen LogP contribution is 2.19. The first-order chi connectivity index (χ1) is 9.88. The Bertz CT molecular complexity index is 732. The maximum Gasteiger partial charge on any atom is 0.257 e. The van der Waals surface area contributed by atoms with E-state index in [0.717, 1.165) is 6.07 Å². The number of benzene rings is 2. The van der Waals surface area contributed by atoms with E-state index >= 15 is 0 Å². The predicted molar refractivity (Wildman–Crippen MR) is 73.7 cm³/mol. The molecular formula is C14H11F2N3O2. The molecule has 2 amide bonds. The van der Waals surface area contributed by atoms with Crippen molar-refractivity contribution in [1.29, 1.82) is 0 Å². The molecule has 0 saturated carbocycles. The minimum absolute atomic E-state index is 0.197. The molecule has 0 saturated heterocycles. The number of anilines is 2. The largest absolute Gasteiger partial charge is 0.398 e. The Hall–Kier alpha value is -2.96. The molecule has 0 fully saturated rings. The molecule has 0 atom stereocenters. The van der Waals surface area contributed by atoms with Gasteiger partial charge in [-0.3, -0.25) is 9.59 Å². The van der Waals surface area contributed by atoms with Gasteiger partial charge in [0.1, 0.15) is 0 Å². The molecule has 0 radical (unpaired) electrons. The number of rotatable bonds is 3. The first kappa shape index (κ1) is 14.4. The lowest BCUT2D eigenvalue weighted by Crippen LogP contribution is -2.16. The van der Waals surface area contributed by atoms with Crippen LogP contribution in [0.4, 0.5) is 20.2 Å². The van der Waals surface area contributed by atoms with Crippen molar-refractivity contribution in [3.8, 4) is 0 Å². The Labute approximate surface area is 118 Å². The third-order valence-electron chi connectivity index (χ3n) is 2.74. The number of nitrogens with two attached hydrogens (primary N) is 2. The molecule has 5 nitrogen and oxygen atoms in total. The van der Waals surface area contributed by atoms with Crippen LogP contribution in [0.25, 0.3) is 0 Å². The van der Waals surface area contributed by atoms with Crippen molar-refractivity contribution in [1.82, 2.24) is 0 Å². The molecule has 2 aromatic carbocycles. The van der Waals surface area contributed by atoms with E-state index in [1.165, 1.54) is 24.3 Å². The fourth-order valence-electron chi connectivity index (χ4n) is 1.71. The zero-order valence-electron chi connectivity index (χ0n) is 10.7. The lowest BCUT2D eigenvalue weighted by atomic mass is 10.1. The molecule has 108 valence electrons. The third kappa shape index (κ3) is 3.14. The van der Waals surface area contributed by atoms with Crippen LogP contribution in [0.3, 0.4) is 0 Å². The highest BCUT2D eigenvalue weighted by atomic mass is 19.2. The molecule has 0 aliphatic heterocycles. The average Bonchev–Trinajstić information content (AvgIpc) is 2.43. The van der Waals surface area contributed by atoms with Crippen molar-refractivity contribution in [2.45, 2.75) is 0 Å². The smallest absolute Gasteiger partial charge is 0.257 e. The summed E-state index contributed by atoms with van der Waals surface area (Å²) in [5.41, 5.74) is 10.7. The molecule has 5 N–H and O–H groups in total. The maximum absolute atomic E-state index is 13.2. The molecule has 21 heavy (non-hydrogen) atoms. The van der Waals surface area contributed by atoms with Gasteiger partial charge in [0, 0.05) is 23.0 Å². The summed E-state index contributed by atoms with van der Waals surface area (Å²) < 4.78 is 26.1. The predicted octanol–water partition coefficient (Wildman–Crippen LogP) is 1.90. The number of nitrogen functional groups attached to an aromatic ring is 1. The van der Waals surface area contributed by atoms with E-state index < -0.39 is 23.4 Å². The van der Waals surface area contributed by atoms with E-state index in [1.54, 1.807) is 0 Å². The molecule has 0 bridgehead atoms. The van der Waals surface area contributed by atoms with Gasteiger partial charge < -0.3 is 16.8 Å². The minimum atomic E-state index is -1.18. The van der Waals surface area contributed by atoms with E-state index in [1.807, 2.05) is 0 Å². The van der Waals surface area contributed by atoms with Crippen molar-refractivity contribution in [3.05, 3.63) is 59.2 Å². The Morgan fingerprint density at radius 2 is 1.71 bits per heavy atom. The number of nitrogens with one attached hydrogen (secondary N) is 1. The highest BCUT2D eigenvalue weighted by molar-refractivity contribution is 6.08. The van der Waals surface area contributed by atoms with Crippen LogP contribution in [0.5, 0.6) is 0 Å². The second-order valence-electron chi connectivity index (χ2n) is 4.25. The SMILES string of the molecule is NC(=O)c1cccc(NC(=O)c2cc(F)c(F)cc2N)c1. The van der Waals surface area contributed by atoms with Crippen LogP contribution in [-0.2, 0) is 0 Å². The Morgan fingerprint density at radius 3 is 2.38 bits per heavy atom. The molecule has 0 aromatic heterocycles. The summed E-state index contributed by atoms with van der Waals surface area (Å²) in [4.78, 5) is 23.0. The average molecular weight is 291 g/mol. The molecular weight excluding hydrogens is 280 g/mol. The van der Waals surface area contributed by atoms with Crippen LogP contribution >= 0.6 is 0 Å². The van der Waals surface area contributed by atoms with Crippen LogP contribution in [0.2, 0.25) is 0 Å². The molecule has 0 aliphatic rings. The Kier molecular flexibility index (Phi) is 3.84. The van der Waals surface area contributed by atoms with Gasteiger partial charge >= 0.3 is 0 Å². The van der Waals surface area contributed by atoms with E-state index in [2.05, 4.69) is 5.32 Å². The topological polar surface area (TPSA) is 98.2 Å². The van der Waals surface area contributed by atoms with Crippen LogP contribution < -0.4 is 16.8 Å². The zero-order valence-corrected chi connectivity index (χ0v) is 10.7. The van der Waals surface area contributed by atoms with Crippen molar-refractivity contribution in [2.24, 2.45) is 5.73 Å². The number of carbonyl (C=O) groups excluding carboxylic acids is 2. The quantitative estimate of drug-likeness (QED) is 0.753. The number of primary amides is 1. The molecule has 2 aromatic rings. The third-order valence-corrected chi connectivity index (χ3v) is 2.74. The first-order valence-corrected chi connectivity index (χ1v) is 5.84. The maximum atomic E-state index is 13.2. The number of carbonyl (C=O) groups is 2. The molecule has 0 heterocycles. The van der Waals surface area contributed by atoms with Crippen LogP contribution in [0.1, 0.15) is 20.7 Å². The van der Waals surface area contributed by atoms with Gasteiger partial charge in [0.15, 0.2) is 11.6 Å². The van der Waals surface area contributed by atoms with Gasteiger partial charge in [0.05, 0.1) is 5.56 Å². The molecule has 2 rings (SSSR count). The summed E-state index contributed by atoms with van der Waals surface area (Å²) in [6, 6.07) is 7.30. The Morgan fingerprint density at radius 1 is 1.05 bits per heavy atom. The number of hydrogen-bond donors (Lipinski definition) is 3. The van der Waals surface area contributed by atoms with Crippen LogP contribution in [0, 0.1) is 11.6 Å². The minimum Gasteiger partial charge on any atom is -0.398 e. The van der Waals surface area contributed by atoms with Crippen molar-refractivity contribution < 1.29 is 18.4 Å². The normalized spacial score (nSPS) is 10.2. The molecule has 7 heteroatoms. The van der Waals surface area contributed by atoms with Gasteiger partial charge in [-0.15, -0.1) is 0 Å². The van der Waals surface area contributed by atoms with Gasteiger partial charge in [-0.25, -0.2) is 8.78 Å². The Balaban J connectivity index is 2.28. The second-order valence-corrected chi connectivity index (χ2v) is 4.25. The summed E-state index contributed by atoms with van der Waals surface area (Å²) in [6.45, 7) is 0. The number of halogens is 2. The van der Waals surface area contributed by atoms with E-state index in [-0.39, 0.29) is 22.5 Å². The highest BCUT2D eigenvalue weighted by Gasteiger charge is 2.15. The summed E-state index contributed by atoms with van der Waals surface area (Å²) in [7, 11) is 0. The van der Waals surface area contributed by atoms with Gasteiger partial charge in [-0.1, -0.05) is 6.07 Å². The zero-order chi connectivity index (χ0) is 15.6. The monoisotopic (exact) mass is 291 g/mol. The number of hydrogen-bond acceptors (Lipinski definition) is 3. The van der Waals surface area contributed by atoms with Crippen molar-refractivity contribution in [2.75, 3.05) is 11.1 Å². The first-order valence-electron chi connectivity index (χ1n) is 5.84.